The van der Waals surface area contributed by atoms with Crippen molar-refractivity contribution in [1.82, 2.24) is 0 Å². The van der Waals surface area contributed by atoms with Crippen LogP contribution in [0.3, 0.4) is 0 Å². The number of hydrogen-bond acceptors (Lipinski definition) is 4. The van der Waals surface area contributed by atoms with Gasteiger partial charge in [-0.05, 0) is 18.6 Å². The zero-order chi connectivity index (χ0) is 11.0. The molecule has 5 heteroatoms. The van der Waals surface area contributed by atoms with Gasteiger partial charge in [0.1, 0.15) is 5.58 Å². The molecule has 1 aromatic heterocycles. The fourth-order valence-electron chi connectivity index (χ4n) is 1.42. The van der Waals surface area contributed by atoms with Crippen LogP contribution in [0.5, 0.6) is 0 Å². The first-order valence-corrected chi connectivity index (χ1v) is 4.27. The maximum absolute atomic E-state index is 11.0. The van der Waals surface area contributed by atoms with E-state index in [0.717, 1.165) is 0 Å². The summed E-state index contributed by atoms with van der Waals surface area (Å²) in [4.78, 5) is 21.1. The van der Waals surface area contributed by atoms with Crippen LogP contribution in [0, 0.1) is 17.0 Å². The van der Waals surface area contributed by atoms with Crippen LogP contribution in [0.15, 0.2) is 33.5 Å². The molecule has 0 N–H and O–H groups in total. The maximum atomic E-state index is 11.0. The average Bonchev–Trinajstić information content (AvgIpc) is 2.16. The SMILES string of the molecule is Cc1cc(=O)oc2ccc([N+](=O)[O-])cc12. The van der Waals surface area contributed by atoms with Gasteiger partial charge in [0.25, 0.3) is 5.69 Å². The van der Waals surface area contributed by atoms with Gasteiger partial charge in [-0.3, -0.25) is 10.1 Å². The van der Waals surface area contributed by atoms with Crippen LogP contribution in [0.25, 0.3) is 11.0 Å². The first-order valence-electron chi connectivity index (χ1n) is 4.27. The molecule has 2 rings (SSSR count). The molecule has 5 nitrogen and oxygen atoms in total. The molecule has 0 saturated heterocycles. The molecule has 0 radical (unpaired) electrons. The topological polar surface area (TPSA) is 73.3 Å². The average molecular weight is 205 g/mol. The quantitative estimate of drug-likeness (QED) is 0.405. The Morgan fingerprint density at radius 2 is 2.07 bits per heavy atom. The third kappa shape index (κ3) is 1.59. The minimum atomic E-state index is -0.482. The van der Waals surface area contributed by atoms with Gasteiger partial charge in [0.2, 0.25) is 0 Å². The Morgan fingerprint density at radius 1 is 1.33 bits per heavy atom. The summed E-state index contributed by atoms with van der Waals surface area (Å²) in [6.45, 7) is 1.71. The number of nitro groups is 1. The van der Waals surface area contributed by atoms with Crippen molar-refractivity contribution in [2.45, 2.75) is 6.92 Å². The predicted molar refractivity (Wildman–Crippen MR) is 53.9 cm³/mol. The number of nitrogens with zero attached hydrogens (tertiary/aromatic N) is 1. The highest BCUT2D eigenvalue weighted by Gasteiger charge is 2.09. The summed E-state index contributed by atoms with van der Waals surface area (Å²) in [5.41, 5.74) is 0.573. The second-order valence-corrected chi connectivity index (χ2v) is 3.19. The summed E-state index contributed by atoms with van der Waals surface area (Å²) in [5, 5.41) is 11.1. The van der Waals surface area contributed by atoms with Crippen LogP contribution >= 0.6 is 0 Å². The summed E-state index contributed by atoms with van der Waals surface area (Å²) in [6, 6.07) is 5.45. The molecular formula is C10H7NO4. The fourth-order valence-corrected chi connectivity index (χ4v) is 1.42. The molecule has 0 amide bonds. The smallest absolute Gasteiger partial charge is 0.336 e. The van der Waals surface area contributed by atoms with Gasteiger partial charge in [-0.25, -0.2) is 4.79 Å². The molecule has 0 atom stereocenters. The van der Waals surface area contributed by atoms with Gasteiger partial charge < -0.3 is 4.42 Å². The highest BCUT2D eigenvalue weighted by Crippen LogP contribution is 2.21. The lowest BCUT2D eigenvalue weighted by Crippen LogP contribution is -1.98. The summed E-state index contributed by atoms with van der Waals surface area (Å²) in [7, 11) is 0. The highest BCUT2D eigenvalue weighted by atomic mass is 16.6. The van der Waals surface area contributed by atoms with Crippen molar-refractivity contribution in [3.05, 3.63) is 50.4 Å². The monoisotopic (exact) mass is 205 g/mol. The Morgan fingerprint density at radius 3 is 2.73 bits per heavy atom. The Labute approximate surface area is 84.1 Å². The summed E-state index contributed by atoms with van der Waals surface area (Å²) in [6.07, 6.45) is 0. The van der Waals surface area contributed by atoms with Crippen molar-refractivity contribution >= 4 is 16.7 Å². The lowest BCUT2D eigenvalue weighted by Gasteiger charge is -1.99. The zero-order valence-electron chi connectivity index (χ0n) is 7.89. The van der Waals surface area contributed by atoms with Gasteiger partial charge in [-0.15, -0.1) is 0 Å². The van der Waals surface area contributed by atoms with Crippen LogP contribution in [0.2, 0.25) is 0 Å². The van der Waals surface area contributed by atoms with Crippen LogP contribution in [-0.2, 0) is 0 Å². The molecule has 1 aromatic carbocycles. The normalized spacial score (nSPS) is 10.5. The summed E-state index contributed by atoms with van der Waals surface area (Å²) in [5.74, 6) is 0. The van der Waals surface area contributed by atoms with Gasteiger partial charge >= 0.3 is 5.63 Å². The molecule has 0 aliphatic carbocycles. The van der Waals surface area contributed by atoms with E-state index in [2.05, 4.69) is 0 Å². The van der Waals surface area contributed by atoms with Crippen molar-refractivity contribution in [2.75, 3.05) is 0 Å². The van der Waals surface area contributed by atoms with E-state index < -0.39 is 10.5 Å². The van der Waals surface area contributed by atoms with E-state index in [-0.39, 0.29) is 5.69 Å². The molecule has 0 aliphatic rings. The summed E-state index contributed by atoms with van der Waals surface area (Å²) < 4.78 is 4.90. The molecular weight excluding hydrogens is 198 g/mol. The van der Waals surface area contributed by atoms with Crippen molar-refractivity contribution in [3.63, 3.8) is 0 Å². The van der Waals surface area contributed by atoms with E-state index in [9.17, 15) is 14.9 Å². The van der Waals surface area contributed by atoms with Crippen molar-refractivity contribution in [2.24, 2.45) is 0 Å². The lowest BCUT2D eigenvalue weighted by atomic mass is 10.1. The molecule has 2 aromatic rings. The van der Waals surface area contributed by atoms with E-state index in [4.69, 9.17) is 4.42 Å². The molecule has 0 aliphatic heterocycles. The molecule has 0 unspecified atom stereocenters. The largest absolute Gasteiger partial charge is 0.423 e. The zero-order valence-corrected chi connectivity index (χ0v) is 7.89. The van der Waals surface area contributed by atoms with Crippen molar-refractivity contribution in [1.29, 1.82) is 0 Å². The minimum absolute atomic E-state index is 0.0144. The highest BCUT2D eigenvalue weighted by molar-refractivity contribution is 5.82. The predicted octanol–water partition coefficient (Wildman–Crippen LogP) is 2.01. The van der Waals surface area contributed by atoms with Crippen LogP contribution in [0.4, 0.5) is 5.69 Å². The molecule has 15 heavy (non-hydrogen) atoms. The molecule has 0 spiro atoms. The number of fused-ring (bicyclic) bond motifs is 1. The number of hydrogen-bond donors (Lipinski definition) is 0. The second kappa shape index (κ2) is 3.20. The van der Waals surface area contributed by atoms with Gasteiger partial charge in [-0.2, -0.15) is 0 Å². The number of non-ortho nitro benzene ring substituents is 1. The van der Waals surface area contributed by atoms with E-state index in [0.29, 0.717) is 16.5 Å². The molecule has 0 bridgehead atoms. The number of nitro benzene ring substituents is 1. The van der Waals surface area contributed by atoms with E-state index in [1.165, 1.54) is 24.3 Å². The molecule has 1 heterocycles. The number of aryl methyl sites for hydroxylation is 1. The van der Waals surface area contributed by atoms with Gasteiger partial charge in [0.15, 0.2) is 0 Å². The van der Waals surface area contributed by atoms with Crippen LogP contribution in [0.1, 0.15) is 5.56 Å². The fraction of sp³-hybridized carbons (Fsp3) is 0.100. The number of rotatable bonds is 1. The maximum Gasteiger partial charge on any atom is 0.336 e. The van der Waals surface area contributed by atoms with Crippen molar-refractivity contribution in [3.8, 4) is 0 Å². The van der Waals surface area contributed by atoms with E-state index >= 15 is 0 Å². The van der Waals surface area contributed by atoms with E-state index in [1.807, 2.05) is 0 Å². The lowest BCUT2D eigenvalue weighted by molar-refractivity contribution is -0.384. The minimum Gasteiger partial charge on any atom is -0.423 e. The van der Waals surface area contributed by atoms with Gasteiger partial charge in [-0.1, -0.05) is 0 Å². The first-order chi connectivity index (χ1) is 7.08. The Bertz CT molecular complexity index is 600. The molecule has 0 saturated carbocycles. The Balaban J connectivity index is 2.82. The Hall–Kier alpha value is -2.17. The summed E-state index contributed by atoms with van der Waals surface area (Å²) >= 11 is 0. The third-order valence-electron chi connectivity index (χ3n) is 2.14. The van der Waals surface area contributed by atoms with Gasteiger partial charge in [0, 0.05) is 23.6 Å². The third-order valence-corrected chi connectivity index (χ3v) is 2.14. The van der Waals surface area contributed by atoms with Gasteiger partial charge in [0.05, 0.1) is 4.92 Å². The standard InChI is InChI=1S/C10H7NO4/c1-6-4-10(12)15-9-3-2-7(11(13)14)5-8(6)9/h2-5H,1H3. The van der Waals surface area contributed by atoms with E-state index in [1.54, 1.807) is 6.92 Å². The Kier molecular flexibility index (Phi) is 2.00. The number of benzene rings is 1. The first kappa shape index (κ1) is 9.39. The van der Waals surface area contributed by atoms with Crippen LogP contribution in [-0.4, -0.2) is 4.92 Å². The van der Waals surface area contributed by atoms with Crippen LogP contribution < -0.4 is 5.63 Å². The molecule has 0 fully saturated rings. The molecule has 76 valence electrons. The second-order valence-electron chi connectivity index (χ2n) is 3.19. The van der Waals surface area contributed by atoms with Crippen molar-refractivity contribution < 1.29 is 9.34 Å².